The molecule has 1 aromatic heterocycles. The molecule has 0 aliphatic rings. The lowest BCUT2D eigenvalue weighted by Gasteiger charge is -2.11. The zero-order valence-electron chi connectivity index (χ0n) is 10.2. The maximum absolute atomic E-state index is 11.3. The van der Waals surface area contributed by atoms with E-state index in [-0.39, 0.29) is 0 Å². The third-order valence-electron chi connectivity index (χ3n) is 2.62. The Hall–Kier alpha value is -1.97. The molecule has 0 unspecified atom stereocenters. The summed E-state index contributed by atoms with van der Waals surface area (Å²) in [6.45, 7) is 5.82. The van der Waals surface area contributed by atoms with Crippen LogP contribution in [0.25, 0.3) is 10.8 Å². The first-order valence-corrected chi connectivity index (χ1v) is 5.89. The van der Waals surface area contributed by atoms with Gasteiger partial charge in [-0.05, 0) is 31.4 Å². The molecule has 2 aromatic rings. The summed E-state index contributed by atoms with van der Waals surface area (Å²) < 4.78 is 0.829. The first kappa shape index (κ1) is 11.5. The number of aromatic nitrogens is 1. The van der Waals surface area contributed by atoms with Crippen molar-refractivity contribution >= 4 is 22.1 Å². The number of fused-ring (bicyclic) bond motifs is 1. The lowest BCUT2D eigenvalue weighted by Crippen LogP contribution is -2.23. The largest absolute Gasteiger partial charge is 0.619 e. The fourth-order valence-corrected chi connectivity index (χ4v) is 1.92. The highest BCUT2D eigenvalue weighted by molar-refractivity contribution is 5.95. The van der Waals surface area contributed by atoms with Crippen LogP contribution in [-0.2, 0) is 0 Å². The average Bonchev–Trinajstić information content (AvgIpc) is 2.31. The minimum atomic E-state index is 0.829. The van der Waals surface area contributed by atoms with Crippen molar-refractivity contribution < 1.29 is 4.73 Å². The first-order chi connectivity index (χ1) is 8.24. The van der Waals surface area contributed by atoms with Gasteiger partial charge >= 0.3 is 0 Å². The van der Waals surface area contributed by atoms with Crippen molar-refractivity contribution in [2.24, 2.45) is 0 Å². The third-order valence-corrected chi connectivity index (χ3v) is 2.62. The Bertz CT molecular complexity index is 525. The van der Waals surface area contributed by atoms with Crippen LogP contribution in [0, 0.1) is 5.21 Å². The van der Waals surface area contributed by atoms with Crippen molar-refractivity contribution in [1.29, 1.82) is 0 Å². The highest BCUT2D eigenvalue weighted by atomic mass is 16.5. The third kappa shape index (κ3) is 2.41. The average molecular weight is 231 g/mol. The highest BCUT2D eigenvalue weighted by Gasteiger charge is 2.06. The molecule has 17 heavy (non-hydrogen) atoms. The highest BCUT2D eigenvalue weighted by Crippen LogP contribution is 2.26. The van der Waals surface area contributed by atoms with Crippen LogP contribution < -0.4 is 15.4 Å². The first-order valence-electron chi connectivity index (χ1n) is 5.89. The van der Waals surface area contributed by atoms with Crippen molar-refractivity contribution in [3.63, 3.8) is 0 Å². The van der Waals surface area contributed by atoms with E-state index in [9.17, 15) is 5.21 Å². The van der Waals surface area contributed by atoms with Crippen LogP contribution in [0.5, 0.6) is 0 Å². The number of rotatable bonds is 4. The Labute approximate surface area is 101 Å². The van der Waals surface area contributed by atoms with Crippen LogP contribution in [0.1, 0.15) is 13.8 Å². The van der Waals surface area contributed by atoms with E-state index in [1.165, 1.54) is 6.20 Å². The van der Waals surface area contributed by atoms with E-state index in [1.54, 1.807) is 6.20 Å². The van der Waals surface area contributed by atoms with Crippen LogP contribution in [-0.4, -0.2) is 13.1 Å². The van der Waals surface area contributed by atoms with Gasteiger partial charge in [0.15, 0.2) is 12.4 Å². The Morgan fingerprint density at radius 2 is 1.94 bits per heavy atom. The fourth-order valence-electron chi connectivity index (χ4n) is 1.92. The van der Waals surface area contributed by atoms with Crippen molar-refractivity contribution in [2.45, 2.75) is 13.8 Å². The van der Waals surface area contributed by atoms with Gasteiger partial charge in [-0.3, -0.25) is 0 Å². The molecule has 90 valence electrons. The molecule has 1 aromatic carbocycles. The van der Waals surface area contributed by atoms with Gasteiger partial charge in [-0.2, -0.15) is 4.73 Å². The standard InChI is InChI=1S/C13H17N3O/c1-3-14-11-7-10-5-6-16(17)9-12(10)13(8-11)15-4-2/h5-9,14-15H,3-4H2,1-2H3. The summed E-state index contributed by atoms with van der Waals surface area (Å²) in [4.78, 5) is 0. The second-order valence-electron chi connectivity index (χ2n) is 3.89. The topological polar surface area (TPSA) is 51.0 Å². The molecule has 0 fully saturated rings. The Morgan fingerprint density at radius 1 is 1.18 bits per heavy atom. The Kier molecular flexibility index (Phi) is 3.32. The van der Waals surface area contributed by atoms with E-state index < -0.39 is 0 Å². The summed E-state index contributed by atoms with van der Waals surface area (Å²) in [6, 6.07) is 5.93. The molecule has 0 bridgehead atoms. The summed E-state index contributed by atoms with van der Waals surface area (Å²) in [7, 11) is 0. The van der Waals surface area contributed by atoms with Gasteiger partial charge in [-0.25, -0.2) is 0 Å². The van der Waals surface area contributed by atoms with Gasteiger partial charge in [0.05, 0.1) is 11.1 Å². The molecule has 4 nitrogen and oxygen atoms in total. The molecule has 0 aliphatic heterocycles. The molecular weight excluding hydrogens is 214 g/mol. The van der Waals surface area contributed by atoms with Crippen molar-refractivity contribution in [3.05, 3.63) is 35.8 Å². The van der Waals surface area contributed by atoms with Crippen LogP contribution in [0.15, 0.2) is 30.6 Å². The monoisotopic (exact) mass is 231 g/mol. The molecular formula is C13H17N3O. The van der Waals surface area contributed by atoms with E-state index in [1.807, 2.05) is 19.1 Å². The summed E-state index contributed by atoms with van der Waals surface area (Å²) in [5, 5.41) is 19.9. The van der Waals surface area contributed by atoms with Crippen LogP contribution in [0.2, 0.25) is 0 Å². The summed E-state index contributed by atoms with van der Waals surface area (Å²) in [6.07, 6.45) is 3.12. The second kappa shape index (κ2) is 4.91. The molecule has 2 rings (SSSR count). The lowest BCUT2D eigenvalue weighted by molar-refractivity contribution is -0.603. The predicted octanol–water partition coefficient (Wildman–Crippen LogP) is 2.34. The Balaban J connectivity index is 2.58. The number of anilines is 2. The molecule has 1 heterocycles. The molecule has 0 spiro atoms. The normalized spacial score (nSPS) is 10.5. The number of hydrogen-bond donors (Lipinski definition) is 2. The molecule has 4 heteroatoms. The van der Waals surface area contributed by atoms with Gasteiger partial charge in [-0.1, -0.05) is 0 Å². The molecule has 0 aliphatic carbocycles. The van der Waals surface area contributed by atoms with Gasteiger partial charge in [0.1, 0.15) is 0 Å². The number of nitrogens with one attached hydrogen (secondary N) is 2. The summed E-state index contributed by atoms with van der Waals surface area (Å²) in [5.74, 6) is 0. The minimum absolute atomic E-state index is 0.829. The maximum atomic E-state index is 11.3. The van der Waals surface area contributed by atoms with Crippen LogP contribution >= 0.6 is 0 Å². The van der Waals surface area contributed by atoms with E-state index in [4.69, 9.17) is 0 Å². The summed E-state index contributed by atoms with van der Waals surface area (Å²) >= 11 is 0. The predicted molar refractivity (Wildman–Crippen MR) is 71.2 cm³/mol. The summed E-state index contributed by atoms with van der Waals surface area (Å²) in [5.41, 5.74) is 2.06. The molecule has 0 atom stereocenters. The van der Waals surface area contributed by atoms with E-state index in [2.05, 4.69) is 23.6 Å². The van der Waals surface area contributed by atoms with E-state index >= 15 is 0 Å². The number of benzene rings is 1. The Morgan fingerprint density at radius 3 is 2.65 bits per heavy atom. The van der Waals surface area contributed by atoms with Crippen molar-refractivity contribution in [1.82, 2.24) is 0 Å². The zero-order chi connectivity index (χ0) is 12.3. The van der Waals surface area contributed by atoms with Gasteiger partial charge in [0.2, 0.25) is 0 Å². The minimum Gasteiger partial charge on any atom is -0.619 e. The van der Waals surface area contributed by atoms with Crippen molar-refractivity contribution in [3.8, 4) is 0 Å². The van der Waals surface area contributed by atoms with Gasteiger partial charge in [0, 0.05) is 24.8 Å². The van der Waals surface area contributed by atoms with Crippen LogP contribution in [0.3, 0.4) is 0 Å². The molecule has 2 N–H and O–H groups in total. The van der Waals surface area contributed by atoms with Crippen LogP contribution in [0.4, 0.5) is 11.4 Å². The maximum Gasteiger partial charge on any atom is 0.190 e. The number of pyridine rings is 1. The molecule has 0 saturated carbocycles. The SMILES string of the molecule is CCNc1cc(NCC)c2c[n+]([O-])ccc2c1. The smallest absolute Gasteiger partial charge is 0.190 e. The fraction of sp³-hybridized carbons (Fsp3) is 0.308. The molecule has 0 amide bonds. The molecule has 0 saturated heterocycles. The zero-order valence-corrected chi connectivity index (χ0v) is 10.2. The number of hydrogen-bond acceptors (Lipinski definition) is 3. The van der Waals surface area contributed by atoms with Crippen molar-refractivity contribution in [2.75, 3.05) is 23.7 Å². The lowest BCUT2D eigenvalue weighted by atomic mass is 10.1. The van der Waals surface area contributed by atoms with Gasteiger partial charge < -0.3 is 15.8 Å². The molecule has 0 radical (unpaired) electrons. The number of nitrogens with zero attached hydrogens (tertiary/aromatic N) is 1. The van der Waals surface area contributed by atoms with Gasteiger partial charge in [-0.15, -0.1) is 0 Å². The second-order valence-corrected chi connectivity index (χ2v) is 3.89. The van der Waals surface area contributed by atoms with E-state index in [0.29, 0.717) is 0 Å². The van der Waals surface area contributed by atoms with E-state index in [0.717, 1.165) is 40.0 Å². The van der Waals surface area contributed by atoms with Gasteiger partial charge in [0.25, 0.3) is 0 Å². The quantitative estimate of drug-likeness (QED) is 0.627.